The lowest BCUT2D eigenvalue weighted by molar-refractivity contribution is -0.123. The molecule has 2 heterocycles. The Labute approximate surface area is 149 Å². The Morgan fingerprint density at radius 3 is 2.77 bits per heavy atom. The number of carbonyl (C=O) groups is 1. The minimum atomic E-state index is -0.116. The summed E-state index contributed by atoms with van der Waals surface area (Å²) in [6.07, 6.45) is 1.65. The molecule has 1 aliphatic rings. The second-order valence-electron chi connectivity index (χ2n) is 5.15. The van der Waals surface area contributed by atoms with Crippen LogP contribution in [-0.4, -0.2) is 18.5 Å². The molecule has 0 saturated heterocycles. The van der Waals surface area contributed by atoms with Crippen molar-refractivity contribution in [1.29, 1.82) is 0 Å². The molecule has 1 atom stereocenters. The van der Waals surface area contributed by atoms with E-state index >= 15 is 0 Å². The van der Waals surface area contributed by atoms with Gasteiger partial charge in [0.25, 0.3) is 0 Å². The first-order chi connectivity index (χ1) is 10.2. The van der Waals surface area contributed by atoms with Gasteiger partial charge in [-0.1, -0.05) is 24.3 Å². The number of benzene rings is 1. The van der Waals surface area contributed by atoms with Crippen molar-refractivity contribution in [3.63, 3.8) is 0 Å². The maximum atomic E-state index is 12.2. The first-order valence-corrected chi connectivity index (χ1v) is 8.65. The first kappa shape index (κ1) is 17.5. The van der Waals surface area contributed by atoms with Crippen molar-refractivity contribution >= 4 is 45.6 Å². The highest BCUT2D eigenvalue weighted by Gasteiger charge is 2.23. The molecule has 0 bridgehead atoms. The molecular formula is C16H18BrClN2OS. The molecule has 1 unspecified atom stereocenters. The van der Waals surface area contributed by atoms with Crippen molar-refractivity contribution in [2.45, 2.75) is 25.4 Å². The van der Waals surface area contributed by atoms with Crippen LogP contribution in [0.3, 0.4) is 0 Å². The zero-order valence-corrected chi connectivity index (χ0v) is 15.2. The van der Waals surface area contributed by atoms with Crippen LogP contribution in [0.2, 0.25) is 0 Å². The molecule has 0 spiro atoms. The van der Waals surface area contributed by atoms with Crippen molar-refractivity contribution in [2.24, 2.45) is 0 Å². The smallest absolute Gasteiger partial charge is 0.237 e. The molecule has 0 radical (unpaired) electrons. The summed E-state index contributed by atoms with van der Waals surface area (Å²) in [4.78, 5) is 13.5. The van der Waals surface area contributed by atoms with Gasteiger partial charge in [0, 0.05) is 18.0 Å². The number of rotatable bonds is 4. The van der Waals surface area contributed by atoms with Gasteiger partial charge in [0.15, 0.2) is 0 Å². The highest BCUT2D eigenvalue weighted by molar-refractivity contribution is 9.11. The minimum Gasteiger partial charge on any atom is -0.354 e. The molecule has 0 aliphatic carbocycles. The van der Waals surface area contributed by atoms with Gasteiger partial charge in [-0.2, -0.15) is 0 Å². The summed E-state index contributed by atoms with van der Waals surface area (Å²) in [6, 6.07) is 12.3. The highest BCUT2D eigenvalue weighted by Crippen LogP contribution is 2.22. The monoisotopic (exact) mass is 400 g/mol. The first-order valence-electron chi connectivity index (χ1n) is 7.04. The summed E-state index contributed by atoms with van der Waals surface area (Å²) < 4.78 is 1.13. The summed E-state index contributed by atoms with van der Waals surface area (Å²) in [5, 5.41) is 6.34. The molecular weight excluding hydrogens is 384 g/mol. The lowest BCUT2D eigenvalue weighted by atomic mass is 9.95. The van der Waals surface area contributed by atoms with E-state index in [1.54, 1.807) is 11.3 Å². The van der Waals surface area contributed by atoms with Crippen LogP contribution in [0.25, 0.3) is 0 Å². The van der Waals surface area contributed by atoms with E-state index < -0.39 is 0 Å². The lowest BCUT2D eigenvalue weighted by Gasteiger charge is -2.25. The van der Waals surface area contributed by atoms with E-state index in [1.165, 1.54) is 16.0 Å². The molecule has 118 valence electrons. The van der Waals surface area contributed by atoms with Crippen molar-refractivity contribution in [3.05, 3.63) is 56.2 Å². The van der Waals surface area contributed by atoms with Gasteiger partial charge in [0.1, 0.15) is 0 Å². The van der Waals surface area contributed by atoms with Crippen molar-refractivity contribution < 1.29 is 4.79 Å². The normalized spacial score (nSPS) is 16.5. The van der Waals surface area contributed by atoms with Gasteiger partial charge in [0.2, 0.25) is 5.91 Å². The zero-order chi connectivity index (χ0) is 14.7. The Morgan fingerprint density at radius 2 is 2.05 bits per heavy atom. The molecule has 0 saturated carbocycles. The van der Waals surface area contributed by atoms with Crippen LogP contribution in [-0.2, 0) is 24.2 Å². The topological polar surface area (TPSA) is 41.1 Å². The molecule has 6 heteroatoms. The van der Waals surface area contributed by atoms with Crippen LogP contribution in [0.1, 0.15) is 16.0 Å². The number of nitrogens with one attached hydrogen (secondary N) is 2. The Kier molecular flexibility index (Phi) is 6.44. The fraction of sp³-hybridized carbons (Fsp3) is 0.312. The summed E-state index contributed by atoms with van der Waals surface area (Å²) in [6.45, 7) is 1.46. The quantitative estimate of drug-likeness (QED) is 0.825. The Bertz CT molecular complexity index is 647. The Balaban J connectivity index is 0.00000176. The maximum Gasteiger partial charge on any atom is 0.237 e. The third-order valence-corrected chi connectivity index (χ3v) is 5.38. The fourth-order valence-corrected chi connectivity index (χ4v) is 4.04. The van der Waals surface area contributed by atoms with Crippen LogP contribution in [0.5, 0.6) is 0 Å². The highest BCUT2D eigenvalue weighted by atomic mass is 79.9. The SMILES string of the molecule is Cl.O=C(NCCc1ccc(Br)s1)C1Cc2ccccc2CN1. The second-order valence-corrected chi connectivity index (χ2v) is 7.70. The Hall–Kier alpha value is -0.880. The minimum absolute atomic E-state index is 0. The van der Waals surface area contributed by atoms with Crippen molar-refractivity contribution in [1.82, 2.24) is 10.6 Å². The number of halogens is 2. The fourth-order valence-electron chi connectivity index (χ4n) is 2.56. The maximum absolute atomic E-state index is 12.2. The average molecular weight is 402 g/mol. The van der Waals surface area contributed by atoms with Crippen LogP contribution in [0.4, 0.5) is 0 Å². The van der Waals surface area contributed by atoms with E-state index in [1.807, 2.05) is 18.2 Å². The predicted octanol–water partition coefficient (Wildman–Crippen LogP) is 3.31. The number of hydrogen-bond donors (Lipinski definition) is 2. The van der Waals surface area contributed by atoms with Crippen molar-refractivity contribution in [2.75, 3.05) is 6.54 Å². The van der Waals surface area contributed by atoms with Crippen LogP contribution >= 0.6 is 39.7 Å². The molecule has 3 nitrogen and oxygen atoms in total. The number of hydrogen-bond acceptors (Lipinski definition) is 3. The zero-order valence-electron chi connectivity index (χ0n) is 12.0. The van der Waals surface area contributed by atoms with Gasteiger partial charge < -0.3 is 10.6 Å². The van der Waals surface area contributed by atoms with Gasteiger partial charge in [0.05, 0.1) is 9.83 Å². The molecule has 2 N–H and O–H groups in total. The predicted molar refractivity (Wildman–Crippen MR) is 96.8 cm³/mol. The van der Waals surface area contributed by atoms with Crippen LogP contribution in [0.15, 0.2) is 40.2 Å². The third kappa shape index (κ3) is 4.32. The van der Waals surface area contributed by atoms with E-state index in [0.717, 1.165) is 23.2 Å². The van der Waals surface area contributed by atoms with Crippen molar-refractivity contribution in [3.8, 4) is 0 Å². The average Bonchev–Trinajstić information content (AvgIpc) is 2.92. The number of thiophene rings is 1. The van der Waals surface area contributed by atoms with Crippen LogP contribution < -0.4 is 10.6 Å². The standard InChI is InChI=1S/C16H17BrN2OS.ClH/c17-15-6-5-13(21-15)7-8-18-16(20)14-9-11-3-1-2-4-12(11)10-19-14;/h1-6,14,19H,7-10H2,(H,18,20);1H. The number of amides is 1. The molecule has 0 fully saturated rings. The number of carbonyl (C=O) groups excluding carboxylic acids is 1. The summed E-state index contributed by atoms with van der Waals surface area (Å²) in [7, 11) is 0. The third-order valence-electron chi connectivity index (χ3n) is 3.70. The summed E-state index contributed by atoms with van der Waals surface area (Å²) in [5.74, 6) is 0.0973. The molecule has 1 aromatic heterocycles. The van der Waals surface area contributed by atoms with Gasteiger partial charge >= 0.3 is 0 Å². The van der Waals surface area contributed by atoms with E-state index in [4.69, 9.17) is 0 Å². The van der Waals surface area contributed by atoms with E-state index in [9.17, 15) is 4.79 Å². The summed E-state index contributed by atoms with van der Waals surface area (Å²) in [5.41, 5.74) is 2.57. The molecule has 22 heavy (non-hydrogen) atoms. The van der Waals surface area contributed by atoms with Gasteiger partial charge in [-0.15, -0.1) is 23.7 Å². The number of fused-ring (bicyclic) bond motifs is 1. The van der Waals surface area contributed by atoms with Gasteiger partial charge in [-0.05, 0) is 52.0 Å². The van der Waals surface area contributed by atoms with E-state index in [-0.39, 0.29) is 24.4 Å². The lowest BCUT2D eigenvalue weighted by Crippen LogP contribution is -2.48. The molecule has 1 amide bonds. The molecule has 1 aromatic carbocycles. The van der Waals surface area contributed by atoms with E-state index in [2.05, 4.69) is 44.8 Å². The molecule has 3 rings (SSSR count). The van der Waals surface area contributed by atoms with E-state index in [0.29, 0.717) is 6.54 Å². The Morgan fingerprint density at radius 1 is 1.27 bits per heavy atom. The van der Waals surface area contributed by atoms with Crippen LogP contribution in [0, 0.1) is 0 Å². The van der Waals surface area contributed by atoms with Gasteiger partial charge in [-0.3, -0.25) is 4.79 Å². The van der Waals surface area contributed by atoms with Gasteiger partial charge in [-0.25, -0.2) is 0 Å². The summed E-state index contributed by atoms with van der Waals surface area (Å²) >= 11 is 5.17. The molecule has 2 aromatic rings. The largest absolute Gasteiger partial charge is 0.354 e. The second kappa shape index (κ2) is 8.11. The molecule has 1 aliphatic heterocycles.